The van der Waals surface area contributed by atoms with Gasteiger partial charge in [0.1, 0.15) is 5.69 Å². The van der Waals surface area contributed by atoms with Gasteiger partial charge in [0.25, 0.3) is 0 Å². The predicted molar refractivity (Wildman–Crippen MR) is 115 cm³/mol. The van der Waals surface area contributed by atoms with Crippen LogP contribution in [0.4, 0.5) is 0 Å². The zero-order chi connectivity index (χ0) is 22.2. The van der Waals surface area contributed by atoms with Crippen molar-refractivity contribution in [3.8, 4) is 5.69 Å². The van der Waals surface area contributed by atoms with E-state index in [0.717, 1.165) is 17.1 Å². The Bertz CT molecular complexity index is 1090. The van der Waals surface area contributed by atoms with Crippen molar-refractivity contribution in [1.29, 1.82) is 0 Å². The molecule has 6 nitrogen and oxygen atoms in total. The molecule has 2 atom stereocenters. The van der Waals surface area contributed by atoms with E-state index in [1.54, 1.807) is 27.7 Å². The summed E-state index contributed by atoms with van der Waals surface area (Å²) in [6.45, 7) is 10.6. The molecular weight excluding hydrogens is 380 g/mol. The van der Waals surface area contributed by atoms with Gasteiger partial charge in [-0.25, -0.2) is 4.79 Å². The molecule has 30 heavy (non-hydrogen) atoms. The monoisotopic (exact) mass is 408 g/mol. The summed E-state index contributed by atoms with van der Waals surface area (Å²) >= 11 is 0. The Morgan fingerprint density at radius 2 is 1.70 bits per heavy atom. The number of hydrogen-bond acceptors (Lipinski definition) is 4. The van der Waals surface area contributed by atoms with Gasteiger partial charge in [-0.05, 0) is 65.3 Å². The smallest absolute Gasteiger partial charge is 0.355 e. The molecule has 6 heteroatoms. The molecule has 0 saturated carbocycles. The first kappa shape index (κ1) is 21.6. The fourth-order valence-electron chi connectivity index (χ4n) is 4.07. The Kier molecular flexibility index (Phi) is 5.99. The number of hydrogen-bond donors (Lipinski definition) is 2. The van der Waals surface area contributed by atoms with Crippen LogP contribution >= 0.6 is 0 Å². The number of carbonyl (C=O) groups is 2. The van der Waals surface area contributed by atoms with E-state index in [-0.39, 0.29) is 11.5 Å². The second-order valence-electron chi connectivity index (χ2n) is 7.71. The highest BCUT2D eigenvalue weighted by Crippen LogP contribution is 2.26. The van der Waals surface area contributed by atoms with Crippen LogP contribution in [-0.2, 0) is 4.74 Å². The van der Waals surface area contributed by atoms with Crippen LogP contribution in [-0.4, -0.2) is 32.5 Å². The molecule has 0 aliphatic rings. The van der Waals surface area contributed by atoms with E-state index in [4.69, 9.17) is 4.74 Å². The van der Waals surface area contributed by atoms with Gasteiger partial charge in [-0.15, -0.1) is 0 Å². The molecule has 0 radical (unpaired) electrons. The molecular formula is C24H28N2O4. The Balaban J connectivity index is 1.84. The second kappa shape index (κ2) is 8.32. The second-order valence-corrected chi connectivity index (χ2v) is 7.71. The number of benzene rings is 1. The van der Waals surface area contributed by atoms with Crippen LogP contribution in [0.1, 0.15) is 69.0 Å². The van der Waals surface area contributed by atoms with Gasteiger partial charge in [-0.1, -0.05) is 18.2 Å². The van der Waals surface area contributed by atoms with Gasteiger partial charge in [-0.2, -0.15) is 0 Å². The lowest BCUT2D eigenvalue weighted by Crippen LogP contribution is -2.25. The van der Waals surface area contributed by atoms with E-state index in [1.807, 2.05) is 54.8 Å². The molecule has 0 amide bonds. The third-order valence-electron chi connectivity index (χ3n) is 5.48. The van der Waals surface area contributed by atoms with E-state index in [2.05, 4.69) is 4.98 Å². The summed E-state index contributed by atoms with van der Waals surface area (Å²) in [5, 5.41) is 9.92. The predicted octanol–water partition coefficient (Wildman–Crippen LogP) is 4.52. The normalized spacial score (nSPS) is 13.2. The van der Waals surface area contributed by atoms with Gasteiger partial charge >= 0.3 is 5.97 Å². The van der Waals surface area contributed by atoms with Gasteiger partial charge < -0.3 is 19.4 Å². The number of ketones is 1. The largest absolute Gasteiger partial charge is 0.450 e. The highest BCUT2D eigenvalue weighted by Gasteiger charge is 2.27. The molecule has 0 aliphatic carbocycles. The number of aromatic amines is 1. The maximum atomic E-state index is 13.1. The number of Topliss-reactive ketones (excluding diaryl/α,β-unsaturated/α-hetero) is 1. The van der Waals surface area contributed by atoms with Gasteiger partial charge in [0.05, 0.1) is 6.10 Å². The molecule has 2 heterocycles. The average molecular weight is 408 g/mol. The minimum absolute atomic E-state index is 0.254. The summed E-state index contributed by atoms with van der Waals surface area (Å²) in [5.74, 6) is -0.865. The van der Waals surface area contributed by atoms with Crippen LogP contribution in [0.15, 0.2) is 36.4 Å². The van der Waals surface area contributed by atoms with E-state index in [0.29, 0.717) is 22.4 Å². The number of esters is 1. The van der Waals surface area contributed by atoms with Crippen molar-refractivity contribution in [2.75, 3.05) is 0 Å². The summed E-state index contributed by atoms with van der Waals surface area (Å²) in [6, 6.07) is 11.6. The lowest BCUT2D eigenvalue weighted by atomic mass is 10.1. The van der Waals surface area contributed by atoms with Crippen molar-refractivity contribution in [3.05, 3.63) is 75.9 Å². The average Bonchev–Trinajstić information content (AvgIpc) is 3.16. The quantitative estimate of drug-likeness (QED) is 0.464. The Morgan fingerprint density at radius 3 is 2.27 bits per heavy atom. The number of aliphatic hydroxyl groups is 1. The van der Waals surface area contributed by atoms with E-state index < -0.39 is 18.2 Å². The molecule has 2 aromatic heterocycles. The minimum Gasteiger partial charge on any atom is -0.450 e. The zero-order valence-corrected chi connectivity index (χ0v) is 18.2. The molecule has 2 N–H and O–H groups in total. The van der Waals surface area contributed by atoms with Crippen molar-refractivity contribution < 1.29 is 19.4 Å². The van der Waals surface area contributed by atoms with Crippen molar-refractivity contribution in [1.82, 2.24) is 9.55 Å². The van der Waals surface area contributed by atoms with E-state index >= 15 is 0 Å². The molecule has 0 spiro atoms. The molecule has 0 unspecified atom stereocenters. The first-order chi connectivity index (χ1) is 14.1. The maximum Gasteiger partial charge on any atom is 0.355 e. The van der Waals surface area contributed by atoms with E-state index in [9.17, 15) is 14.7 Å². The van der Waals surface area contributed by atoms with Crippen LogP contribution in [0.25, 0.3) is 5.69 Å². The topological polar surface area (TPSA) is 84.3 Å². The van der Waals surface area contributed by atoms with Crippen LogP contribution in [0.5, 0.6) is 0 Å². The molecule has 158 valence electrons. The molecule has 1 aromatic carbocycles. The van der Waals surface area contributed by atoms with Crippen molar-refractivity contribution in [2.24, 2.45) is 0 Å². The van der Waals surface area contributed by atoms with Gasteiger partial charge in [-0.3, -0.25) is 4.79 Å². The van der Waals surface area contributed by atoms with Crippen LogP contribution in [0.2, 0.25) is 0 Å². The number of carbonyl (C=O) groups excluding carboxylic acids is 2. The van der Waals surface area contributed by atoms with E-state index in [1.165, 1.54) is 0 Å². The fourth-order valence-corrected chi connectivity index (χ4v) is 4.07. The minimum atomic E-state index is -0.944. The maximum absolute atomic E-state index is 13.1. The summed E-state index contributed by atoms with van der Waals surface area (Å²) in [5.41, 5.74) is 5.51. The Hall–Kier alpha value is -3.12. The first-order valence-electron chi connectivity index (χ1n) is 10.00. The summed E-state index contributed by atoms with van der Waals surface area (Å²) in [4.78, 5) is 28.7. The number of nitrogens with one attached hydrogen (secondary N) is 1. The number of ether oxygens (including phenoxy) is 1. The third-order valence-corrected chi connectivity index (χ3v) is 5.48. The molecule has 0 saturated heterocycles. The van der Waals surface area contributed by atoms with Crippen LogP contribution in [0, 0.1) is 27.7 Å². The number of H-pyrrole nitrogens is 1. The number of rotatable bonds is 6. The lowest BCUT2D eigenvalue weighted by Gasteiger charge is -2.13. The number of nitrogens with zero attached hydrogens (tertiary/aromatic N) is 1. The molecule has 0 aliphatic heterocycles. The number of aryl methyl sites for hydroxylation is 2. The summed E-state index contributed by atoms with van der Waals surface area (Å²) in [7, 11) is 0. The van der Waals surface area contributed by atoms with Gasteiger partial charge in [0.2, 0.25) is 5.78 Å². The molecule has 0 bridgehead atoms. The number of aliphatic hydroxyl groups excluding tert-OH is 1. The highest BCUT2D eigenvalue weighted by molar-refractivity contribution is 6.02. The Morgan fingerprint density at radius 1 is 1.07 bits per heavy atom. The van der Waals surface area contributed by atoms with Crippen molar-refractivity contribution in [2.45, 2.75) is 53.8 Å². The standard InChI is InChI=1S/C24H28N2O4/c1-13-12-20(16(4)26(13)19-10-8-7-9-11-19)23(28)18(6)30-24(29)22-14(2)21(17(5)27)15(3)25-22/h7-12,17-18,25,27H,1-6H3/t17-,18-/m0/s1. The van der Waals surface area contributed by atoms with Crippen LogP contribution < -0.4 is 0 Å². The third kappa shape index (κ3) is 3.83. The fraction of sp³-hybridized carbons (Fsp3) is 0.333. The molecule has 3 aromatic rings. The van der Waals surface area contributed by atoms with Crippen molar-refractivity contribution in [3.63, 3.8) is 0 Å². The summed E-state index contributed by atoms with van der Waals surface area (Å²) < 4.78 is 7.49. The lowest BCUT2D eigenvalue weighted by molar-refractivity contribution is 0.0312. The highest BCUT2D eigenvalue weighted by atomic mass is 16.5. The zero-order valence-electron chi connectivity index (χ0n) is 18.2. The Labute approximate surface area is 176 Å². The van der Waals surface area contributed by atoms with Gasteiger partial charge in [0, 0.05) is 33.9 Å². The molecule has 3 rings (SSSR count). The first-order valence-corrected chi connectivity index (χ1v) is 10.00. The molecule has 0 fully saturated rings. The number of aromatic nitrogens is 2. The number of para-hydroxylation sites is 1. The van der Waals surface area contributed by atoms with Crippen LogP contribution in [0.3, 0.4) is 0 Å². The summed E-state index contributed by atoms with van der Waals surface area (Å²) in [6.07, 6.45) is -1.65. The SMILES string of the molecule is Cc1[nH]c(C(=O)O[C@@H](C)C(=O)c2cc(C)n(-c3ccccc3)c2C)c(C)c1[C@H](C)O. The van der Waals surface area contributed by atoms with Crippen molar-refractivity contribution >= 4 is 11.8 Å². The van der Waals surface area contributed by atoms with Gasteiger partial charge in [0.15, 0.2) is 6.10 Å².